The number of fused-ring (bicyclic) bond motifs is 1. The molecule has 0 bridgehead atoms. The number of nitrogens with one attached hydrogen (secondary N) is 4. The van der Waals surface area contributed by atoms with E-state index in [4.69, 9.17) is 28.4 Å². The van der Waals surface area contributed by atoms with Gasteiger partial charge in [-0.3, -0.25) is 28.5 Å². The number of nitrogen functional groups attached to an aromatic ring is 1. The van der Waals surface area contributed by atoms with Crippen LogP contribution in [0.5, 0.6) is 0 Å². The predicted molar refractivity (Wildman–Crippen MR) is 135 cm³/mol. The van der Waals surface area contributed by atoms with Crippen molar-refractivity contribution in [3.8, 4) is 0 Å². The fraction of sp³-hybridized carbons (Fsp3) is 0.350. The summed E-state index contributed by atoms with van der Waals surface area (Å²) in [5.41, 5.74) is 6.59. The van der Waals surface area contributed by atoms with Gasteiger partial charge in [0.15, 0.2) is 5.82 Å². The fourth-order valence-corrected chi connectivity index (χ4v) is 3.42. The highest BCUT2D eigenvalue weighted by Gasteiger charge is 2.27. The molecule has 1 aliphatic heterocycles. The van der Waals surface area contributed by atoms with Crippen LogP contribution in [0, 0.1) is 0 Å². The van der Waals surface area contributed by atoms with Crippen LogP contribution in [0.1, 0.15) is 23.2 Å². The number of anilines is 4. The molecule has 1 unspecified atom stereocenters. The maximum atomic E-state index is 12.3. The molecule has 1 aromatic carbocycles. The summed E-state index contributed by atoms with van der Waals surface area (Å²) < 4.78 is 31.6. The lowest BCUT2D eigenvalue weighted by Crippen LogP contribution is -2.48. The number of carbonyl (C=O) groups is 3. The van der Waals surface area contributed by atoms with Crippen LogP contribution in [0.15, 0.2) is 29.1 Å². The van der Waals surface area contributed by atoms with Crippen molar-refractivity contribution in [1.82, 2.24) is 15.3 Å². The van der Waals surface area contributed by atoms with Crippen LogP contribution in [0.3, 0.4) is 0 Å². The Kier molecular flexibility index (Phi) is 9.96. The van der Waals surface area contributed by atoms with Crippen molar-refractivity contribution in [2.24, 2.45) is 0 Å². The van der Waals surface area contributed by atoms with Gasteiger partial charge in [0.1, 0.15) is 11.7 Å². The zero-order chi connectivity index (χ0) is 28.6. The number of rotatable bonds is 9. The quantitative estimate of drug-likeness (QED) is 0.169. The Morgan fingerprint density at radius 3 is 2.37 bits per heavy atom. The van der Waals surface area contributed by atoms with E-state index in [9.17, 15) is 24.3 Å². The molecule has 0 radical (unpaired) electrons. The number of carboxylic acids is 2. The second-order valence-electron chi connectivity index (χ2n) is 8.00. The van der Waals surface area contributed by atoms with Crippen LogP contribution in [0.25, 0.3) is 0 Å². The average Bonchev–Trinajstić information content (AvgIpc) is 2.79. The van der Waals surface area contributed by atoms with Crippen LogP contribution in [-0.2, 0) is 20.0 Å². The van der Waals surface area contributed by atoms with E-state index in [-0.39, 0.29) is 36.0 Å². The summed E-state index contributed by atoms with van der Waals surface area (Å²) in [6.07, 6.45) is -0.586. The third-order valence-electron chi connectivity index (χ3n) is 5.26. The third kappa shape index (κ3) is 9.22. The SMILES string of the molecule is CN1c2c(nc(N)[nH]c2=O)NC[C@@H]1CNc1ccc(C(=O)NC(CCC(=O)O)C(=O)O)cc1.O=S(=O)(O)O. The van der Waals surface area contributed by atoms with Gasteiger partial charge in [0, 0.05) is 37.8 Å². The molecule has 2 heterocycles. The number of carboxylic acid groups (broad SMARTS) is 2. The molecule has 1 amide bonds. The topological polar surface area (TPSA) is 277 Å². The number of hydrogen-bond donors (Lipinski definition) is 9. The third-order valence-corrected chi connectivity index (χ3v) is 5.26. The number of nitrogens with zero attached hydrogens (tertiary/aromatic N) is 2. The second kappa shape index (κ2) is 12.7. The Morgan fingerprint density at radius 2 is 1.82 bits per heavy atom. The molecule has 0 spiro atoms. The molecule has 0 aliphatic carbocycles. The Morgan fingerprint density at radius 1 is 1.21 bits per heavy atom. The van der Waals surface area contributed by atoms with Gasteiger partial charge >= 0.3 is 22.3 Å². The first-order valence-electron chi connectivity index (χ1n) is 10.8. The predicted octanol–water partition coefficient (Wildman–Crippen LogP) is -0.910. The van der Waals surface area contributed by atoms with Gasteiger partial charge in [0.05, 0.1) is 6.04 Å². The summed E-state index contributed by atoms with van der Waals surface area (Å²) in [7, 11) is -2.88. The summed E-state index contributed by atoms with van der Waals surface area (Å²) in [4.78, 5) is 54.9. The van der Waals surface area contributed by atoms with E-state index in [0.29, 0.717) is 24.6 Å². The number of H-pyrrole nitrogens is 1. The molecule has 18 heteroatoms. The lowest BCUT2D eigenvalue weighted by atomic mass is 10.1. The van der Waals surface area contributed by atoms with E-state index in [1.807, 2.05) is 4.90 Å². The van der Waals surface area contributed by atoms with Crippen molar-refractivity contribution < 1.29 is 42.1 Å². The zero-order valence-electron chi connectivity index (χ0n) is 19.9. The lowest BCUT2D eigenvalue weighted by Gasteiger charge is -2.35. The van der Waals surface area contributed by atoms with Crippen molar-refractivity contribution in [3.63, 3.8) is 0 Å². The number of benzene rings is 1. The minimum absolute atomic E-state index is 0.0388. The Balaban J connectivity index is 0.000000926. The molecule has 2 aromatic rings. The minimum Gasteiger partial charge on any atom is -0.481 e. The number of amides is 1. The fourth-order valence-electron chi connectivity index (χ4n) is 3.42. The van der Waals surface area contributed by atoms with Crippen molar-refractivity contribution >= 4 is 51.4 Å². The first-order chi connectivity index (χ1) is 17.7. The summed E-state index contributed by atoms with van der Waals surface area (Å²) in [5.74, 6) is -2.59. The minimum atomic E-state index is -4.67. The highest BCUT2D eigenvalue weighted by atomic mass is 32.3. The molecule has 38 heavy (non-hydrogen) atoms. The van der Waals surface area contributed by atoms with Gasteiger partial charge in [-0.25, -0.2) is 4.79 Å². The van der Waals surface area contributed by atoms with E-state index >= 15 is 0 Å². The summed E-state index contributed by atoms with van der Waals surface area (Å²) in [6, 6.07) is 5.03. The smallest absolute Gasteiger partial charge is 0.394 e. The highest BCUT2D eigenvalue weighted by Crippen LogP contribution is 2.25. The second-order valence-corrected chi connectivity index (χ2v) is 8.89. The van der Waals surface area contributed by atoms with Crippen LogP contribution in [0.4, 0.5) is 23.1 Å². The zero-order valence-corrected chi connectivity index (χ0v) is 20.7. The van der Waals surface area contributed by atoms with Crippen molar-refractivity contribution in [2.45, 2.75) is 24.9 Å². The normalized spacial score (nSPS) is 15.1. The van der Waals surface area contributed by atoms with Gasteiger partial charge in [-0.2, -0.15) is 13.4 Å². The highest BCUT2D eigenvalue weighted by molar-refractivity contribution is 7.79. The summed E-state index contributed by atoms with van der Waals surface area (Å²) >= 11 is 0. The Labute approximate surface area is 215 Å². The molecule has 208 valence electrons. The summed E-state index contributed by atoms with van der Waals surface area (Å²) in [6.45, 7) is 1.01. The average molecular weight is 558 g/mol. The molecule has 10 N–H and O–H groups in total. The first kappa shape index (κ1) is 29.8. The molecule has 17 nitrogen and oxygen atoms in total. The van der Waals surface area contributed by atoms with Crippen LogP contribution < -0.4 is 32.1 Å². The monoisotopic (exact) mass is 557 g/mol. The molecule has 1 aromatic heterocycles. The maximum Gasteiger partial charge on any atom is 0.394 e. The molecular weight excluding hydrogens is 530 g/mol. The number of aliphatic carboxylic acids is 2. The number of aromatic nitrogens is 2. The first-order valence-corrected chi connectivity index (χ1v) is 12.2. The van der Waals surface area contributed by atoms with E-state index in [1.54, 1.807) is 19.2 Å². The molecule has 1 aliphatic rings. The summed E-state index contributed by atoms with van der Waals surface area (Å²) in [5, 5.41) is 26.6. The largest absolute Gasteiger partial charge is 0.481 e. The van der Waals surface area contributed by atoms with Gasteiger partial charge in [-0.15, -0.1) is 0 Å². The van der Waals surface area contributed by atoms with Crippen LogP contribution in [-0.4, -0.2) is 87.8 Å². The number of hydrogen-bond acceptors (Lipinski definition) is 11. The number of aromatic amines is 1. The molecule has 2 atom stereocenters. The van der Waals surface area contributed by atoms with Gasteiger partial charge in [0.25, 0.3) is 11.5 Å². The van der Waals surface area contributed by atoms with Gasteiger partial charge in [-0.1, -0.05) is 0 Å². The van der Waals surface area contributed by atoms with Crippen molar-refractivity contribution in [3.05, 3.63) is 40.2 Å². The van der Waals surface area contributed by atoms with Crippen molar-refractivity contribution in [1.29, 1.82) is 0 Å². The van der Waals surface area contributed by atoms with E-state index in [2.05, 4.69) is 25.9 Å². The van der Waals surface area contributed by atoms with E-state index in [0.717, 1.165) is 5.69 Å². The standard InChI is InChI=1S/C20H25N7O6.H2O4S/c1-27-12(9-23-16-15(27)18(31)26-20(21)25-16)8-22-11-4-2-10(3-5-11)17(30)24-13(19(32)33)6-7-14(28)29;1-5(2,3)4/h2-5,12-13,22H,6-9H2,1H3,(H,24,30)(H,28,29)(H,32,33)(H4,21,23,25,26,31);(H2,1,2,3,4)/t12-,13?;/m0./s1. The Hall–Kier alpha value is -4.42. The van der Waals surface area contributed by atoms with E-state index in [1.165, 1.54) is 12.1 Å². The van der Waals surface area contributed by atoms with Crippen LogP contribution in [0.2, 0.25) is 0 Å². The number of carbonyl (C=O) groups excluding carboxylic acids is 1. The van der Waals surface area contributed by atoms with Crippen molar-refractivity contribution in [2.75, 3.05) is 41.4 Å². The maximum absolute atomic E-state index is 12.3. The molecule has 0 saturated carbocycles. The number of nitrogens with two attached hydrogens (primary N) is 1. The molecule has 0 saturated heterocycles. The van der Waals surface area contributed by atoms with Gasteiger partial charge in [-0.05, 0) is 30.7 Å². The van der Waals surface area contributed by atoms with Crippen LogP contribution >= 0.6 is 0 Å². The molecular formula is C20H27N7O10S. The van der Waals surface area contributed by atoms with E-state index < -0.39 is 34.3 Å². The lowest BCUT2D eigenvalue weighted by molar-refractivity contribution is -0.140. The molecule has 3 rings (SSSR count). The number of likely N-dealkylation sites (N-methyl/N-ethyl adjacent to an activating group) is 1. The van der Waals surface area contributed by atoms with Gasteiger partial charge in [0.2, 0.25) is 5.95 Å². The van der Waals surface area contributed by atoms with Gasteiger partial charge < -0.3 is 36.8 Å². The molecule has 0 fully saturated rings. The Bertz CT molecular complexity index is 1320.